The van der Waals surface area contributed by atoms with Gasteiger partial charge >= 0.3 is 0 Å². The van der Waals surface area contributed by atoms with Gasteiger partial charge in [0.25, 0.3) is 0 Å². The van der Waals surface area contributed by atoms with Crippen molar-refractivity contribution in [1.82, 2.24) is 4.98 Å². The van der Waals surface area contributed by atoms with E-state index in [-0.39, 0.29) is 0 Å². The Hall–Kier alpha value is -1.10. The fourth-order valence-electron chi connectivity index (χ4n) is 1.52. The minimum Gasteiger partial charge on any atom is -0.493 e. The van der Waals surface area contributed by atoms with E-state index in [1.807, 2.05) is 30.5 Å². The predicted octanol–water partition coefficient (Wildman–Crippen LogP) is 3.19. The van der Waals surface area contributed by atoms with Crippen LogP contribution in [-0.4, -0.2) is 11.6 Å². The summed E-state index contributed by atoms with van der Waals surface area (Å²) >= 11 is 7.58. The number of aromatic nitrogens is 1. The van der Waals surface area contributed by atoms with E-state index < -0.39 is 0 Å². The first-order chi connectivity index (χ1) is 8.69. The van der Waals surface area contributed by atoms with Crippen LogP contribution >= 0.6 is 22.9 Å². The van der Waals surface area contributed by atoms with Crippen LogP contribution in [0.5, 0.6) is 5.75 Å². The maximum Gasteiger partial charge on any atom is 0.119 e. The predicted molar refractivity (Wildman–Crippen MR) is 75.4 cm³/mol. The van der Waals surface area contributed by atoms with Gasteiger partial charge in [-0.05, 0) is 30.7 Å². The molecule has 0 unspecified atom stereocenters. The second-order valence-electron chi connectivity index (χ2n) is 3.95. The highest BCUT2D eigenvalue weighted by Crippen LogP contribution is 2.21. The molecule has 18 heavy (non-hydrogen) atoms. The number of aryl methyl sites for hydroxylation is 1. The van der Waals surface area contributed by atoms with Gasteiger partial charge in [0.05, 0.1) is 17.3 Å². The summed E-state index contributed by atoms with van der Waals surface area (Å²) in [6.07, 6.45) is 0.798. The Morgan fingerprint density at radius 1 is 1.44 bits per heavy atom. The number of thiazole rings is 1. The lowest BCUT2D eigenvalue weighted by atomic mass is 10.2. The highest BCUT2D eigenvalue weighted by molar-refractivity contribution is 7.09. The van der Waals surface area contributed by atoms with E-state index in [0.717, 1.165) is 33.5 Å². The van der Waals surface area contributed by atoms with Crippen molar-refractivity contribution in [2.24, 2.45) is 5.73 Å². The molecule has 0 aliphatic rings. The van der Waals surface area contributed by atoms with E-state index in [0.29, 0.717) is 13.2 Å². The van der Waals surface area contributed by atoms with E-state index in [1.165, 1.54) is 0 Å². The van der Waals surface area contributed by atoms with Gasteiger partial charge in [-0.2, -0.15) is 0 Å². The summed E-state index contributed by atoms with van der Waals surface area (Å²) < 4.78 is 5.67. The van der Waals surface area contributed by atoms with E-state index in [1.54, 1.807) is 11.3 Å². The molecule has 0 aliphatic carbocycles. The molecule has 1 heterocycles. The number of hydrogen-bond acceptors (Lipinski definition) is 4. The zero-order valence-corrected chi connectivity index (χ0v) is 11.7. The first-order valence-electron chi connectivity index (χ1n) is 5.71. The third-order valence-corrected chi connectivity index (χ3v) is 3.90. The van der Waals surface area contributed by atoms with Crippen molar-refractivity contribution in [2.45, 2.75) is 19.9 Å². The third kappa shape index (κ3) is 3.45. The molecule has 0 radical (unpaired) electrons. The Kier molecular flexibility index (Phi) is 4.58. The second kappa shape index (κ2) is 6.18. The summed E-state index contributed by atoms with van der Waals surface area (Å²) in [7, 11) is 0. The smallest absolute Gasteiger partial charge is 0.119 e. The van der Waals surface area contributed by atoms with Gasteiger partial charge in [-0.3, -0.25) is 0 Å². The van der Waals surface area contributed by atoms with Crippen molar-refractivity contribution in [1.29, 1.82) is 0 Å². The highest BCUT2D eigenvalue weighted by Gasteiger charge is 2.02. The van der Waals surface area contributed by atoms with Crippen molar-refractivity contribution >= 4 is 22.9 Å². The van der Waals surface area contributed by atoms with Gasteiger partial charge in [0.2, 0.25) is 0 Å². The Balaban J connectivity index is 1.86. The normalized spacial score (nSPS) is 10.6. The third-order valence-electron chi connectivity index (χ3n) is 2.52. The van der Waals surface area contributed by atoms with E-state index in [9.17, 15) is 0 Å². The van der Waals surface area contributed by atoms with Crippen LogP contribution in [0.4, 0.5) is 0 Å². The van der Waals surface area contributed by atoms with Crippen LogP contribution in [0.25, 0.3) is 0 Å². The minimum atomic E-state index is 0.494. The van der Waals surface area contributed by atoms with Crippen molar-refractivity contribution < 1.29 is 4.74 Å². The molecule has 2 rings (SSSR count). The SMILES string of the molecule is Cc1cc(OCCc2nc(CN)cs2)ccc1Cl. The molecule has 2 N–H and O–H groups in total. The molecule has 0 fully saturated rings. The summed E-state index contributed by atoms with van der Waals surface area (Å²) in [5.74, 6) is 0.840. The Bertz CT molecular complexity index is 527. The first kappa shape index (κ1) is 13.3. The van der Waals surface area contributed by atoms with Crippen LogP contribution in [0, 0.1) is 6.92 Å². The number of benzene rings is 1. The number of halogens is 1. The van der Waals surface area contributed by atoms with Gasteiger partial charge < -0.3 is 10.5 Å². The molecule has 0 saturated heterocycles. The lowest BCUT2D eigenvalue weighted by molar-refractivity contribution is 0.321. The van der Waals surface area contributed by atoms with Crippen LogP contribution in [0.3, 0.4) is 0 Å². The molecule has 0 amide bonds. The Morgan fingerprint density at radius 3 is 2.94 bits per heavy atom. The van der Waals surface area contributed by atoms with Gasteiger partial charge in [-0.1, -0.05) is 11.6 Å². The van der Waals surface area contributed by atoms with Crippen molar-refractivity contribution in [3.63, 3.8) is 0 Å². The number of nitrogens with zero attached hydrogens (tertiary/aromatic N) is 1. The molecular formula is C13H15ClN2OS. The van der Waals surface area contributed by atoms with Crippen LogP contribution in [0.15, 0.2) is 23.6 Å². The fraction of sp³-hybridized carbons (Fsp3) is 0.308. The van der Waals surface area contributed by atoms with Gasteiger partial charge in [0, 0.05) is 23.4 Å². The monoisotopic (exact) mass is 282 g/mol. The minimum absolute atomic E-state index is 0.494. The second-order valence-corrected chi connectivity index (χ2v) is 5.30. The number of nitrogens with two attached hydrogens (primary N) is 1. The molecule has 0 atom stereocenters. The number of rotatable bonds is 5. The Morgan fingerprint density at radius 2 is 2.28 bits per heavy atom. The number of ether oxygens (including phenoxy) is 1. The van der Waals surface area contributed by atoms with Gasteiger partial charge in [-0.25, -0.2) is 4.98 Å². The van der Waals surface area contributed by atoms with Gasteiger partial charge in [-0.15, -0.1) is 11.3 Å². The van der Waals surface area contributed by atoms with Crippen molar-refractivity contribution in [3.8, 4) is 5.75 Å². The molecule has 0 spiro atoms. The molecule has 3 nitrogen and oxygen atoms in total. The topological polar surface area (TPSA) is 48.1 Å². The molecule has 0 bridgehead atoms. The van der Waals surface area contributed by atoms with Crippen LogP contribution in [0.2, 0.25) is 5.02 Å². The zero-order valence-electron chi connectivity index (χ0n) is 10.1. The van der Waals surface area contributed by atoms with Crippen molar-refractivity contribution in [2.75, 3.05) is 6.61 Å². The first-order valence-corrected chi connectivity index (χ1v) is 6.97. The van der Waals surface area contributed by atoms with Crippen LogP contribution in [0.1, 0.15) is 16.3 Å². The highest BCUT2D eigenvalue weighted by atomic mass is 35.5. The standard InChI is InChI=1S/C13H15ClN2OS/c1-9-6-11(2-3-12(9)14)17-5-4-13-16-10(7-15)8-18-13/h2-3,6,8H,4-5,7,15H2,1H3. The lowest BCUT2D eigenvalue weighted by Gasteiger charge is -2.06. The van der Waals surface area contributed by atoms with Gasteiger partial charge in [0.15, 0.2) is 0 Å². The number of hydrogen-bond donors (Lipinski definition) is 1. The molecule has 96 valence electrons. The summed E-state index contributed by atoms with van der Waals surface area (Å²) in [5, 5.41) is 3.80. The molecule has 0 saturated carbocycles. The zero-order chi connectivity index (χ0) is 13.0. The molecule has 1 aromatic carbocycles. The molecule has 2 aromatic rings. The molecule has 1 aromatic heterocycles. The Labute approximate surface area is 116 Å². The van der Waals surface area contributed by atoms with Crippen LogP contribution in [-0.2, 0) is 13.0 Å². The summed E-state index contributed by atoms with van der Waals surface area (Å²) in [6, 6.07) is 5.67. The summed E-state index contributed by atoms with van der Waals surface area (Å²) in [5.41, 5.74) is 7.48. The van der Waals surface area contributed by atoms with E-state index in [2.05, 4.69) is 4.98 Å². The summed E-state index contributed by atoms with van der Waals surface area (Å²) in [6.45, 7) is 3.07. The van der Waals surface area contributed by atoms with Gasteiger partial charge in [0.1, 0.15) is 5.75 Å². The average Bonchev–Trinajstić information content (AvgIpc) is 2.82. The van der Waals surface area contributed by atoms with Crippen LogP contribution < -0.4 is 10.5 Å². The van der Waals surface area contributed by atoms with E-state index in [4.69, 9.17) is 22.1 Å². The molecule has 0 aliphatic heterocycles. The van der Waals surface area contributed by atoms with E-state index >= 15 is 0 Å². The largest absolute Gasteiger partial charge is 0.493 e. The quantitative estimate of drug-likeness (QED) is 0.916. The molecular weight excluding hydrogens is 268 g/mol. The van der Waals surface area contributed by atoms with Crippen molar-refractivity contribution in [3.05, 3.63) is 44.9 Å². The lowest BCUT2D eigenvalue weighted by Crippen LogP contribution is -2.02. The summed E-state index contributed by atoms with van der Waals surface area (Å²) in [4.78, 5) is 4.38. The maximum atomic E-state index is 5.95. The average molecular weight is 283 g/mol. The maximum absolute atomic E-state index is 5.95. The fourth-order valence-corrected chi connectivity index (χ4v) is 2.43. The molecule has 5 heteroatoms.